The highest BCUT2D eigenvalue weighted by molar-refractivity contribution is 7.93. The van der Waals surface area contributed by atoms with Crippen molar-refractivity contribution in [3.8, 4) is 0 Å². The Labute approximate surface area is 268 Å². The molecule has 0 N–H and O–H groups in total. The van der Waals surface area contributed by atoms with E-state index in [4.69, 9.17) is 0 Å². The van der Waals surface area contributed by atoms with Gasteiger partial charge in [-0.05, 0) is 88.4 Å². The molecule has 2 heterocycles. The summed E-state index contributed by atoms with van der Waals surface area (Å²) in [6, 6.07) is 31.9. The van der Waals surface area contributed by atoms with Crippen molar-refractivity contribution in [1.82, 2.24) is 30.0 Å². The highest BCUT2D eigenvalue weighted by Crippen LogP contribution is 2.28. The lowest BCUT2D eigenvalue weighted by Crippen LogP contribution is -2.29. The van der Waals surface area contributed by atoms with Crippen molar-refractivity contribution in [2.45, 2.75) is 47.0 Å². The Balaban J connectivity index is 0.000000181. The van der Waals surface area contributed by atoms with Gasteiger partial charge in [0.15, 0.2) is 19.7 Å². The van der Waals surface area contributed by atoms with Gasteiger partial charge in [0.1, 0.15) is 16.6 Å². The normalized spacial score (nSPS) is 13.0. The minimum Gasteiger partial charge on any atom is -0.223 e. The molecular formula is C34H34N6O4S2. The van der Waals surface area contributed by atoms with E-state index < -0.39 is 29.2 Å². The molecule has 0 unspecified atom stereocenters. The second-order valence-corrected chi connectivity index (χ2v) is 16.6. The lowest BCUT2D eigenvalue weighted by Gasteiger charge is -2.20. The molecular weight excluding hydrogens is 621 g/mol. The van der Waals surface area contributed by atoms with E-state index in [0.717, 1.165) is 22.1 Å². The van der Waals surface area contributed by atoms with Crippen molar-refractivity contribution in [3.05, 3.63) is 121 Å². The maximum atomic E-state index is 12.8. The summed E-state index contributed by atoms with van der Waals surface area (Å²) in [7, 11) is -6.99. The first-order chi connectivity index (χ1) is 21.8. The maximum Gasteiger partial charge on any atom is 0.187 e. The van der Waals surface area contributed by atoms with Gasteiger partial charge in [0.2, 0.25) is 0 Å². The van der Waals surface area contributed by atoms with Gasteiger partial charge >= 0.3 is 0 Å². The third kappa shape index (κ3) is 6.68. The number of rotatable bonds is 8. The van der Waals surface area contributed by atoms with E-state index in [9.17, 15) is 16.8 Å². The van der Waals surface area contributed by atoms with E-state index in [0.29, 0.717) is 9.79 Å². The molecule has 236 valence electrons. The summed E-state index contributed by atoms with van der Waals surface area (Å²) in [4.78, 5) is 2.00. The largest absolute Gasteiger partial charge is 0.223 e. The van der Waals surface area contributed by atoms with Gasteiger partial charge in [-0.25, -0.2) is 21.5 Å². The lowest BCUT2D eigenvalue weighted by molar-refractivity contribution is 0.571. The SMILES string of the molecule is CC(C)(/C=C/n1nc2ccccc2n1)S(=O)(=O)c1ccccc1.CC(C)(/C=C/n1nnc2ccccc21)S(=O)(=O)c1ccccc1. The fraction of sp³-hybridized carbons (Fsp3) is 0.176. The highest BCUT2D eigenvalue weighted by Gasteiger charge is 2.34. The summed E-state index contributed by atoms with van der Waals surface area (Å²) in [5.41, 5.74) is 3.12. The van der Waals surface area contributed by atoms with Crippen molar-refractivity contribution < 1.29 is 16.8 Å². The summed E-state index contributed by atoms with van der Waals surface area (Å²) in [6.07, 6.45) is 6.47. The first-order valence-electron chi connectivity index (χ1n) is 14.4. The van der Waals surface area contributed by atoms with Crippen LogP contribution in [0.4, 0.5) is 0 Å². The van der Waals surface area contributed by atoms with E-state index in [1.807, 2.05) is 48.5 Å². The Bertz CT molecular complexity index is 2200. The average molecular weight is 655 g/mol. The van der Waals surface area contributed by atoms with E-state index in [-0.39, 0.29) is 0 Å². The predicted octanol–water partition coefficient (Wildman–Crippen LogP) is 6.31. The van der Waals surface area contributed by atoms with E-state index >= 15 is 0 Å². The second-order valence-electron chi connectivity index (χ2n) is 11.5. The molecule has 12 heteroatoms. The van der Waals surface area contributed by atoms with Gasteiger partial charge in [0.25, 0.3) is 0 Å². The van der Waals surface area contributed by atoms with Crippen LogP contribution in [0.5, 0.6) is 0 Å². The second kappa shape index (κ2) is 12.8. The van der Waals surface area contributed by atoms with Crippen LogP contribution in [-0.4, -0.2) is 56.3 Å². The predicted molar refractivity (Wildman–Crippen MR) is 181 cm³/mol. The number of benzene rings is 4. The molecule has 46 heavy (non-hydrogen) atoms. The van der Waals surface area contributed by atoms with E-state index in [1.165, 1.54) is 4.80 Å². The van der Waals surface area contributed by atoms with E-state index in [1.54, 1.807) is 118 Å². The zero-order chi connectivity index (χ0) is 33.0. The van der Waals surface area contributed by atoms with Crippen molar-refractivity contribution in [2.75, 3.05) is 0 Å². The number of hydrogen-bond acceptors (Lipinski definition) is 8. The van der Waals surface area contributed by atoms with Crippen LogP contribution in [-0.2, 0) is 19.7 Å². The zero-order valence-electron chi connectivity index (χ0n) is 25.8. The van der Waals surface area contributed by atoms with Crippen LogP contribution in [0.2, 0.25) is 0 Å². The Morgan fingerprint density at radius 3 is 1.46 bits per heavy atom. The molecule has 0 saturated heterocycles. The van der Waals surface area contributed by atoms with Gasteiger partial charge < -0.3 is 0 Å². The summed E-state index contributed by atoms with van der Waals surface area (Å²) in [5, 5.41) is 16.7. The quantitative estimate of drug-likeness (QED) is 0.187. The molecule has 10 nitrogen and oxygen atoms in total. The molecule has 6 aromatic rings. The molecule has 0 aliphatic rings. The molecule has 6 rings (SSSR count). The van der Waals surface area contributed by atoms with Crippen LogP contribution >= 0.6 is 0 Å². The number of hydrogen-bond donors (Lipinski definition) is 0. The number of sulfone groups is 2. The standard InChI is InChI=1S/2C17H17N3O2S/c1-17(2,23(21,22)14-8-4-3-5-9-14)12-13-20-16-11-7-6-10-15(16)18-19-20;1-17(2,23(21,22)14-8-4-3-5-9-14)12-13-20-18-15-10-6-7-11-16(15)19-20/h2*3-13H,1-2H3/b2*13-12+. The van der Waals surface area contributed by atoms with Crippen LogP contribution in [0.25, 0.3) is 34.5 Å². The number of nitrogens with zero attached hydrogens (tertiary/aromatic N) is 6. The minimum atomic E-state index is -3.49. The monoisotopic (exact) mass is 654 g/mol. The van der Waals surface area contributed by atoms with E-state index in [2.05, 4.69) is 20.5 Å². The summed E-state index contributed by atoms with van der Waals surface area (Å²) >= 11 is 0. The Hall–Kier alpha value is -4.94. The molecule has 0 atom stereocenters. The van der Waals surface area contributed by atoms with Gasteiger partial charge in [0.05, 0.1) is 24.8 Å². The summed E-state index contributed by atoms with van der Waals surface area (Å²) < 4.78 is 50.5. The maximum absolute atomic E-state index is 12.8. The first-order valence-corrected chi connectivity index (χ1v) is 17.4. The molecule has 0 radical (unpaired) electrons. The van der Waals surface area contributed by atoms with Crippen LogP contribution in [0.15, 0.2) is 131 Å². The molecule has 0 spiro atoms. The van der Waals surface area contributed by atoms with Crippen molar-refractivity contribution >= 4 is 54.1 Å². The summed E-state index contributed by atoms with van der Waals surface area (Å²) in [5.74, 6) is 0. The Morgan fingerprint density at radius 1 is 0.543 bits per heavy atom. The minimum absolute atomic E-state index is 0.299. The molecule has 0 saturated carbocycles. The fourth-order valence-corrected chi connectivity index (χ4v) is 7.15. The summed E-state index contributed by atoms with van der Waals surface area (Å²) in [6.45, 7) is 6.67. The zero-order valence-corrected chi connectivity index (χ0v) is 27.5. The van der Waals surface area contributed by atoms with Gasteiger partial charge in [0, 0.05) is 12.4 Å². The van der Waals surface area contributed by atoms with Gasteiger partial charge in [-0.2, -0.15) is 4.80 Å². The fourth-order valence-electron chi connectivity index (χ4n) is 4.42. The van der Waals surface area contributed by atoms with Crippen LogP contribution < -0.4 is 0 Å². The van der Waals surface area contributed by atoms with Crippen molar-refractivity contribution in [1.29, 1.82) is 0 Å². The molecule has 2 aromatic heterocycles. The average Bonchev–Trinajstić information content (AvgIpc) is 3.68. The smallest absolute Gasteiger partial charge is 0.187 e. The van der Waals surface area contributed by atoms with Crippen molar-refractivity contribution in [3.63, 3.8) is 0 Å². The lowest BCUT2D eigenvalue weighted by atomic mass is 10.2. The number of aromatic nitrogens is 6. The third-order valence-corrected chi connectivity index (χ3v) is 12.2. The Kier molecular flexibility index (Phi) is 9.04. The molecule has 0 aliphatic heterocycles. The third-order valence-electron chi connectivity index (χ3n) is 7.40. The van der Waals surface area contributed by atoms with Crippen LogP contribution in [0.1, 0.15) is 27.7 Å². The van der Waals surface area contributed by atoms with Gasteiger partial charge in [-0.3, -0.25) is 0 Å². The Morgan fingerprint density at radius 2 is 0.957 bits per heavy atom. The molecule has 0 fully saturated rings. The van der Waals surface area contributed by atoms with Gasteiger partial charge in [-0.15, -0.1) is 15.3 Å². The molecule has 4 aromatic carbocycles. The molecule has 0 bridgehead atoms. The number of fused-ring (bicyclic) bond motifs is 2. The van der Waals surface area contributed by atoms with Crippen molar-refractivity contribution in [2.24, 2.45) is 0 Å². The topological polar surface area (TPSA) is 130 Å². The van der Waals surface area contributed by atoms with Crippen LogP contribution in [0, 0.1) is 0 Å². The van der Waals surface area contributed by atoms with Gasteiger partial charge in [-0.1, -0.05) is 65.9 Å². The number of para-hydroxylation sites is 1. The molecule has 0 amide bonds. The van der Waals surface area contributed by atoms with Crippen LogP contribution in [0.3, 0.4) is 0 Å². The highest BCUT2D eigenvalue weighted by atomic mass is 32.2. The first kappa shape index (κ1) is 32.5. The molecule has 0 aliphatic carbocycles.